The highest BCUT2D eigenvalue weighted by molar-refractivity contribution is 5.80. The molecule has 6 nitrogen and oxygen atoms in total. The van der Waals surface area contributed by atoms with Gasteiger partial charge in [0.05, 0.1) is 13.7 Å². The number of carbonyl (C=O) groups is 2. The minimum atomic E-state index is -0.411. The van der Waals surface area contributed by atoms with Crippen LogP contribution in [0.3, 0.4) is 0 Å². The maximum Gasteiger partial charge on any atom is 0.306 e. The van der Waals surface area contributed by atoms with E-state index in [0.29, 0.717) is 25.3 Å². The zero-order chi connectivity index (χ0) is 19.3. The first-order valence-electron chi connectivity index (χ1n) is 8.90. The fourth-order valence-electron chi connectivity index (χ4n) is 2.34. The van der Waals surface area contributed by atoms with Gasteiger partial charge in [0, 0.05) is 13.0 Å². The number of benzene rings is 2. The summed E-state index contributed by atoms with van der Waals surface area (Å²) in [6, 6.07) is 17.1. The van der Waals surface area contributed by atoms with E-state index in [1.165, 1.54) is 0 Å². The maximum absolute atomic E-state index is 11.7. The minimum Gasteiger partial charge on any atom is -0.497 e. The Bertz CT molecular complexity index is 700. The van der Waals surface area contributed by atoms with Gasteiger partial charge in [0.1, 0.15) is 11.5 Å². The molecule has 144 valence electrons. The van der Waals surface area contributed by atoms with Gasteiger partial charge in [0.2, 0.25) is 0 Å². The third kappa shape index (κ3) is 8.27. The van der Waals surface area contributed by atoms with E-state index >= 15 is 0 Å². The van der Waals surface area contributed by atoms with Crippen molar-refractivity contribution in [2.24, 2.45) is 0 Å². The molecule has 0 saturated carbocycles. The summed E-state index contributed by atoms with van der Waals surface area (Å²) in [5, 5.41) is 2.73. The third-order valence-corrected chi connectivity index (χ3v) is 3.80. The van der Waals surface area contributed by atoms with Crippen LogP contribution < -0.4 is 14.8 Å². The molecular weight excluding hydrogens is 346 g/mol. The van der Waals surface area contributed by atoms with E-state index in [2.05, 4.69) is 5.32 Å². The zero-order valence-electron chi connectivity index (χ0n) is 15.5. The number of methoxy groups -OCH3 is 1. The lowest BCUT2D eigenvalue weighted by atomic mass is 10.1. The van der Waals surface area contributed by atoms with Gasteiger partial charge < -0.3 is 19.5 Å². The second kappa shape index (κ2) is 11.6. The van der Waals surface area contributed by atoms with E-state index in [0.717, 1.165) is 17.7 Å². The molecule has 1 N–H and O–H groups in total. The van der Waals surface area contributed by atoms with Crippen LogP contribution in [0.1, 0.15) is 18.4 Å². The second-order valence-corrected chi connectivity index (χ2v) is 5.87. The van der Waals surface area contributed by atoms with Gasteiger partial charge in [-0.3, -0.25) is 9.59 Å². The number of amides is 1. The second-order valence-electron chi connectivity index (χ2n) is 5.87. The average molecular weight is 371 g/mol. The largest absolute Gasteiger partial charge is 0.497 e. The van der Waals surface area contributed by atoms with Crippen LogP contribution in [-0.2, 0) is 20.7 Å². The fraction of sp³-hybridized carbons (Fsp3) is 0.333. The van der Waals surface area contributed by atoms with Crippen molar-refractivity contribution < 1.29 is 23.8 Å². The van der Waals surface area contributed by atoms with E-state index in [9.17, 15) is 9.59 Å². The molecule has 0 saturated heterocycles. The molecule has 0 spiro atoms. The molecule has 0 unspecified atom stereocenters. The number of esters is 1. The van der Waals surface area contributed by atoms with Gasteiger partial charge in [0.25, 0.3) is 5.91 Å². The molecule has 0 atom stereocenters. The Morgan fingerprint density at radius 1 is 0.963 bits per heavy atom. The summed E-state index contributed by atoms with van der Waals surface area (Å²) in [4.78, 5) is 23.3. The van der Waals surface area contributed by atoms with Gasteiger partial charge in [-0.05, 0) is 42.7 Å². The summed E-state index contributed by atoms with van der Waals surface area (Å²) in [6.45, 7) is 0.647. The highest BCUT2D eigenvalue weighted by Crippen LogP contribution is 2.17. The lowest BCUT2D eigenvalue weighted by Gasteiger charge is -2.08. The minimum absolute atomic E-state index is 0.202. The Kier molecular flexibility index (Phi) is 8.69. The Hall–Kier alpha value is -3.02. The quantitative estimate of drug-likeness (QED) is 0.486. The van der Waals surface area contributed by atoms with Gasteiger partial charge in [-0.2, -0.15) is 0 Å². The summed E-state index contributed by atoms with van der Waals surface area (Å²) >= 11 is 0. The molecule has 2 aromatic rings. The maximum atomic E-state index is 11.7. The first kappa shape index (κ1) is 20.3. The van der Waals surface area contributed by atoms with Gasteiger partial charge in [-0.25, -0.2) is 0 Å². The molecule has 0 bridgehead atoms. The van der Waals surface area contributed by atoms with Crippen molar-refractivity contribution in [3.05, 3.63) is 60.2 Å². The predicted molar refractivity (Wildman–Crippen MR) is 102 cm³/mol. The van der Waals surface area contributed by atoms with Crippen molar-refractivity contribution in [1.29, 1.82) is 0 Å². The highest BCUT2D eigenvalue weighted by Gasteiger charge is 2.07. The summed E-state index contributed by atoms with van der Waals surface area (Å²) in [5.41, 5.74) is 1.15. The monoisotopic (exact) mass is 371 g/mol. The summed E-state index contributed by atoms with van der Waals surface area (Å²) in [7, 11) is 1.60. The van der Waals surface area contributed by atoms with Crippen LogP contribution in [0.4, 0.5) is 0 Å². The van der Waals surface area contributed by atoms with Crippen LogP contribution in [0.25, 0.3) is 0 Å². The van der Waals surface area contributed by atoms with Crippen LogP contribution in [0.15, 0.2) is 54.6 Å². The third-order valence-electron chi connectivity index (χ3n) is 3.80. The average Bonchev–Trinajstić information content (AvgIpc) is 2.71. The molecule has 0 radical (unpaired) electrons. The van der Waals surface area contributed by atoms with Crippen molar-refractivity contribution in [2.75, 3.05) is 26.9 Å². The number of nitrogens with one attached hydrogen (secondary N) is 1. The first-order valence-corrected chi connectivity index (χ1v) is 8.90. The number of carbonyl (C=O) groups excluding carboxylic acids is 2. The Labute approximate surface area is 159 Å². The summed E-state index contributed by atoms with van der Waals surface area (Å²) in [6.07, 6.45) is 1.46. The van der Waals surface area contributed by atoms with Crippen LogP contribution in [0.2, 0.25) is 0 Å². The first-order chi connectivity index (χ1) is 13.2. The van der Waals surface area contributed by atoms with Crippen LogP contribution in [0, 0.1) is 0 Å². The molecule has 0 heterocycles. The molecule has 0 aliphatic rings. The van der Waals surface area contributed by atoms with Gasteiger partial charge in [-0.1, -0.05) is 30.3 Å². The predicted octanol–water partition coefficient (Wildman–Crippen LogP) is 2.76. The molecule has 0 aromatic heterocycles. The van der Waals surface area contributed by atoms with E-state index in [1.807, 2.05) is 30.3 Å². The highest BCUT2D eigenvalue weighted by atomic mass is 16.5. The number of hydrogen-bond donors (Lipinski definition) is 1. The Balaban J connectivity index is 1.51. The number of rotatable bonds is 11. The Morgan fingerprint density at radius 3 is 2.37 bits per heavy atom. The van der Waals surface area contributed by atoms with E-state index in [4.69, 9.17) is 14.2 Å². The number of ether oxygens (including phenoxy) is 3. The van der Waals surface area contributed by atoms with Crippen molar-refractivity contribution in [2.45, 2.75) is 19.3 Å². The van der Waals surface area contributed by atoms with Gasteiger partial charge in [0.15, 0.2) is 6.61 Å². The van der Waals surface area contributed by atoms with E-state index < -0.39 is 5.97 Å². The normalized spacial score (nSPS) is 10.1. The lowest BCUT2D eigenvalue weighted by molar-refractivity contribution is -0.148. The molecule has 2 rings (SSSR count). The molecule has 0 fully saturated rings. The van der Waals surface area contributed by atoms with Crippen molar-refractivity contribution in [1.82, 2.24) is 5.32 Å². The fourth-order valence-corrected chi connectivity index (χ4v) is 2.34. The van der Waals surface area contributed by atoms with Crippen LogP contribution in [-0.4, -0.2) is 38.7 Å². The smallest absolute Gasteiger partial charge is 0.306 e. The standard InChI is InChI=1S/C21H25NO5/c1-25-18-9-11-19(12-10-18)26-15-5-8-21(24)27-16-20(23)22-14-13-17-6-3-2-4-7-17/h2-4,6-7,9-12H,5,8,13-16H2,1H3,(H,22,23). The molecule has 0 aliphatic carbocycles. The van der Waals surface area contributed by atoms with Crippen LogP contribution >= 0.6 is 0 Å². The summed E-state index contributed by atoms with van der Waals surface area (Å²) < 4.78 is 15.6. The lowest BCUT2D eigenvalue weighted by Crippen LogP contribution is -2.30. The molecule has 2 aromatic carbocycles. The van der Waals surface area contributed by atoms with Crippen molar-refractivity contribution in [3.63, 3.8) is 0 Å². The molecule has 0 aliphatic heterocycles. The van der Waals surface area contributed by atoms with Gasteiger partial charge in [-0.15, -0.1) is 0 Å². The molecular formula is C21H25NO5. The molecule has 6 heteroatoms. The van der Waals surface area contributed by atoms with E-state index in [-0.39, 0.29) is 18.9 Å². The number of hydrogen-bond acceptors (Lipinski definition) is 5. The van der Waals surface area contributed by atoms with Crippen LogP contribution in [0.5, 0.6) is 11.5 Å². The molecule has 1 amide bonds. The Morgan fingerprint density at radius 2 is 1.67 bits per heavy atom. The topological polar surface area (TPSA) is 73.9 Å². The SMILES string of the molecule is COc1ccc(OCCCC(=O)OCC(=O)NCCc2ccccc2)cc1. The van der Waals surface area contributed by atoms with Gasteiger partial charge >= 0.3 is 5.97 Å². The molecule has 27 heavy (non-hydrogen) atoms. The van der Waals surface area contributed by atoms with Crippen molar-refractivity contribution >= 4 is 11.9 Å². The summed E-state index contributed by atoms with van der Waals surface area (Å²) in [5.74, 6) is 0.759. The van der Waals surface area contributed by atoms with Crippen molar-refractivity contribution in [3.8, 4) is 11.5 Å². The van der Waals surface area contributed by atoms with E-state index in [1.54, 1.807) is 31.4 Å². The zero-order valence-corrected chi connectivity index (χ0v) is 15.5.